The molecule has 6 heteroatoms. The van der Waals surface area contributed by atoms with E-state index in [4.69, 9.17) is 5.11 Å². The molecule has 1 rings (SSSR count). The summed E-state index contributed by atoms with van der Waals surface area (Å²) in [6.07, 6.45) is 3.30. The Bertz CT molecular complexity index is 434. The van der Waals surface area contributed by atoms with E-state index in [1.54, 1.807) is 32.3 Å². The highest BCUT2D eigenvalue weighted by molar-refractivity contribution is 5.82. The van der Waals surface area contributed by atoms with E-state index in [2.05, 4.69) is 15.6 Å². The standard InChI is InChI=1S/C13H19N3O3/c1-8(2)11(12(17)18)16-13(19)15-9(3)10-5-4-6-14-7-10/h4-9,11H,1-3H3,(H,17,18)(H2,15,16,19)/t9?,11-/m0/s1. The van der Waals surface area contributed by atoms with Gasteiger partial charge in [-0.3, -0.25) is 4.98 Å². The first-order valence-electron chi connectivity index (χ1n) is 6.11. The Labute approximate surface area is 112 Å². The molecule has 104 valence electrons. The van der Waals surface area contributed by atoms with Gasteiger partial charge in [-0.05, 0) is 24.5 Å². The normalized spacial score (nSPS) is 13.7. The SMILES string of the molecule is CC(NC(=O)N[C@H](C(=O)O)C(C)C)c1cccnc1. The number of carbonyl (C=O) groups excluding carboxylic acids is 1. The number of amides is 2. The van der Waals surface area contributed by atoms with Gasteiger partial charge in [0, 0.05) is 12.4 Å². The molecule has 6 nitrogen and oxygen atoms in total. The average Bonchev–Trinajstić information content (AvgIpc) is 2.36. The van der Waals surface area contributed by atoms with E-state index in [1.807, 2.05) is 13.0 Å². The van der Waals surface area contributed by atoms with Gasteiger partial charge in [0.1, 0.15) is 6.04 Å². The van der Waals surface area contributed by atoms with Gasteiger partial charge in [0.05, 0.1) is 6.04 Å². The first-order valence-corrected chi connectivity index (χ1v) is 6.11. The number of hydrogen-bond donors (Lipinski definition) is 3. The lowest BCUT2D eigenvalue weighted by molar-refractivity contribution is -0.140. The number of nitrogens with one attached hydrogen (secondary N) is 2. The molecule has 0 fully saturated rings. The lowest BCUT2D eigenvalue weighted by Crippen LogP contribution is -2.49. The Morgan fingerprint density at radius 3 is 2.42 bits per heavy atom. The van der Waals surface area contributed by atoms with Crippen LogP contribution in [0, 0.1) is 5.92 Å². The summed E-state index contributed by atoms with van der Waals surface area (Å²) in [5, 5.41) is 14.1. The summed E-state index contributed by atoms with van der Waals surface area (Å²) in [6, 6.07) is 1.98. The van der Waals surface area contributed by atoms with Crippen LogP contribution in [0.3, 0.4) is 0 Å². The second kappa shape index (κ2) is 6.72. The van der Waals surface area contributed by atoms with Crippen LogP contribution in [0.5, 0.6) is 0 Å². The fourth-order valence-corrected chi connectivity index (χ4v) is 1.61. The van der Waals surface area contributed by atoms with Crippen LogP contribution in [0.15, 0.2) is 24.5 Å². The maximum atomic E-state index is 11.7. The highest BCUT2D eigenvalue weighted by atomic mass is 16.4. The van der Waals surface area contributed by atoms with Crippen molar-refractivity contribution in [3.63, 3.8) is 0 Å². The maximum absolute atomic E-state index is 11.7. The molecule has 1 aromatic rings. The molecular weight excluding hydrogens is 246 g/mol. The van der Waals surface area contributed by atoms with Gasteiger partial charge in [-0.15, -0.1) is 0 Å². The third-order valence-electron chi connectivity index (χ3n) is 2.75. The minimum absolute atomic E-state index is 0.183. The predicted octanol–water partition coefficient (Wildman–Crippen LogP) is 1.55. The van der Waals surface area contributed by atoms with Crippen molar-refractivity contribution in [2.24, 2.45) is 5.92 Å². The number of carboxylic acids is 1. The molecule has 0 spiro atoms. The van der Waals surface area contributed by atoms with Gasteiger partial charge >= 0.3 is 12.0 Å². The lowest BCUT2D eigenvalue weighted by Gasteiger charge is -2.20. The minimum atomic E-state index is -1.04. The average molecular weight is 265 g/mol. The van der Waals surface area contributed by atoms with Gasteiger partial charge in [0.25, 0.3) is 0 Å². The lowest BCUT2D eigenvalue weighted by atomic mass is 10.1. The molecule has 0 aliphatic carbocycles. The summed E-state index contributed by atoms with van der Waals surface area (Å²) in [6.45, 7) is 5.29. The number of rotatable bonds is 5. The van der Waals surface area contributed by atoms with Crippen LogP contribution >= 0.6 is 0 Å². The van der Waals surface area contributed by atoms with E-state index in [0.717, 1.165) is 5.56 Å². The van der Waals surface area contributed by atoms with E-state index in [9.17, 15) is 9.59 Å². The van der Waals surface area contributed by atoms with E-state index in [0.29, 0.717) is 0 Å². The molecule has 0 aromatic carbocycles. The molecule has 0 aliphatic heterocycles. The zero-order valence-corrected chi connectivity index (χ0v) is 11.3. The summed E-state index contributed by atoms with van der Waals surface area (Å²) in [4.78, 5) is 26.7. The monoisotopic (exact) mass is 265 g/mol. The molecule has 1 aromatic heterocycles. The second-order valence-corrected chi connectivity index (χ2v) is 4.69. The van der Waals surface area contributed by atoms with Crippen LogP contribution in [-0.2, 0) is 4.79 Å². The third-order valence-corrected chi connectivity index (χ3v) is 2.75. The molecule has 0 radical (unpaired) electrons. The summed E-state index contributed by atoms with van der Waals surface area (Å²) in [7, 11) is 0. The molecule has 0 bridgehead atoms. The van der Waals surface area contributed by atoms with Crippen molar-refractivity contribution in [1.29, 1.82) is 0 Å². The van der Waals surface area contributed by atoms with Crippen molar-refractivity contribution in [2.45, 2.75) is 32.9 Å². The molecular formula is C13H19N3O3. The largest absolute Gasteiger partial charge is 0.480 e. The predicted molar refractivity (Wildman–Crippen MR) is 70.6 cm³/mol. The van der Waals surface area contributed by atoms with Crippen LogP contribution < -0.4 is 10.6 Å². The molecule has 0 saturated heterocycles. The molecule has 0 saturated carbocycles. The van der Waals surface area contributed by atoms with Gasteiger partial charge in [0.15, 0.2) is 0 Å². The Hall–Kier alpha value is -2.11. The fourth-order valence-electron chi connectivity index (χ4n) is 1.61. The van der Waals surface area contributed by atoms with Crippen LogP contribution in [0.25, 0.3) is 0 Å². The van der Waals surface area contributed by atoms with Gasteiger partial charge in [-0.2, -0.15) is 0 Å². The topological polar surface area (TPSA) is 91.3 Å². The number of carbonyl (C=O) groups is 2. The molecule has 19 heavy (non-hydrogen) atoms. The number of hydrogen-bond acceptors (Lipinski definition) is 3. The first kappa shape index (κ1) is 14.9. The minimum Gasteiger partial charge on any atom is -0.480 e. The van der Waals surface area contributed by atoms with Gasteiger partial charge in [-0.1, -0.05) is 19.9 Å². The molecule has 1 heterocycles. The smallest absolute Gasteiger partial charge is 0.326 e. The van der Waals surface area contributed by atoms with Crippen molar-refractivity contribution in [2.75, 3.05) is 0 Å². The van der Waals surface area contributed by atoms with Crippen LogP contribution in [0.1, 0.15) is 32.4 Å². The second-order valence-electron chi connectivity index (χ2n) is 4.69. The van der Waals surface area contributed by atoms with Crippen LogP contribution in [0.2, 0.25) is 0 Å². The highest BCUT2D eigenvalue weighted by Crippen LogP contribution is 2.09. The Morgan fingerprint density at radius 1 is 1.26 bits per heavy atom. The summed E-state index contributed by atoms with van der Waals surface area (Å²) in [5.74, 6) is -1.23. The molecule has 1 unspecified atom stereocenters. The van der Waals surface area contributed by atoms with E-state index in [-0.39, 0.29) is 12.0 Å². The number of carboxylic acid groups (broad SMARTS) is 1. The number of aliphatic carboxylic acids is 1. The summed E-state index contributed by atoms with van der Waals surface area (Å²) in [5.41, 5.74) is 0.856. The first-order chi connectivity index (χ1) is 8.91. The Morgan fingerprint density at radius 2 is 1.95 bits per heavy atom. The van der Waals surface area contributed by atoms with E-state index >= 15 is 0 Å². The Balaban J connectivity index is 2.58. The van der Waals surface area contributed by atoms with Crippen molar-refractivity contribution in [1.82, 2.24) is 15.6 Å². The molecule has 3 N–H and O–H groups in total. The van der Waals surface area contributed by atoms with E-state index in [1.165, 1.54) is 0 Å². The zero-order chi connectivity index (χ0) is 14.4. The third kappa shape index (κ3) is 4.57. The van der Waals surface area contributed by atoms with Crippen molar-refractivity contribution in [3.8, 4) is 0 Å². The number of pyridine rings is 1. The van der Waals surface area contributed by atoms with Crippen LogP contribution in [0.4, 0.5) is 4.79 Å². The van der Waals surface area contributed by atoms with Crippen molar-refractivity contribution >= 4 is 12.0 Å². The fraction of sp³-hybridized carbons (Fsp3) is 0.462. The zero-order valence-electron chi connectivity index (χ0n) is 11.3. The van der Waals surface area contributed by atoms with Crippen LogP contribution in [-0.4, -0.2) is 28.1 Å². The molecule has 2 atom stereocenters. The summed E-state index contributed by atoms with van der Waals surface area (Å²) >= 11 is 0. The van der Waals surface area contributed by atoms with Gasteiger partial charge < -0.3 is 15.7 Å². The maximum Gasteiger partial charge on any atom is 0.326 e. The number of nitrogens with zero attached hydrogens (tertiary/aromatic N) is 1. The van der Waals surface area contributed by atoms with Crippen molar-refractivity contribution < 1.29 is 14.7 Å². The number of urea groups is 1. The van der Waals surface area contributed by atoms with Gasteiger partial charge in [0.2, 0.25) is 0 Å². The van der Waals surface area contributed by atoms with E-state index < -0.39 is 18.0 Å². The number of aromatic nitrogens is 1. The highest BCUT2D eigenvalue weighted by Gasteiger charge is 2.23. The quantitative estimate of drug-likeness (QED) is 0.753. The Kier molecular flexibility index (Phi) is 5.29. The van der Waals surface area contributed by atoms with Crippen molar-refractivity contribution in [3.05, 3.63) is 30.1 Å². The summed E-state index contributed by atoms with van der Waals surface area (Å²) < 4.78 is 0. The molecule has 2 amide bonds. The molecule has 0 aliphatic rings. The van der Waals surface area contributed by atoms with Gasteiger partial charge in [-0.25, -0.2) is 9.59 Å².